The van der Waals surface area contributed by atoms with Crippen molar-refractivity contribution in [2.45, 2.75) is 25.8 Å². The molecule has 0 atom stereocenters. The Balaban J connectivity index is 1.76. The Morgan fingerprint density at radius 2 is 1.95 bits per heavy atom. The molecule has 0 bridgehead atoms. The summed E-state index contributed by atoms with van der Waals surface area (Å²) in [4.78, 5) is 5.73. The average Bonchev–Trinajstić information content (AvgIpc) is 2.88. The Kier molecular flexibility index (Phi) is 4.22. The Bertz CT molecular complexity index is 598. The number of pyridine rings is 1. The summed E-state index contributed by atoms with van der Waals surface area (Å²) in [6.07, 6.45) is 7.66. The largest absolute Gasteiger partial charge is 0.333 e. The predicted octanol–water partition coefficient (Wildman–Crippen LogP) is 1.07. The van der Waals surface area contributed by atoms with Crippen LogP contribution in [0, 0.1) is 4.77 Å². The van der Waals surface area contributed by atoms with E-state index in [4.69, 9.17) is 12.2 Å². The topological polar surface area (TPSA) is 50.9 Å². The zero-order valence-corrected chi connectivity index (χ0v) is 12.3. The first kappa shape index (κ1) is 13.5. The van der Waals surface area contributed by atoms with Crippen LogP contribution in [0.1, 0.15) is 19.3 Å². The maximum atomic E-state index is 5.36. The number of H-pyrrole nitrogens is 1. The smallest absolute Gasteiger partial charge is 0.195 e. The van der Waals surface area contributed by atoms with E-state index < -0.39 is 0 Å². The fraction of sp³-hybridized carbons (Fsp3) is 0.500. The van der Waals surface area contributed by atoms with E-state index >= 15 is 0 Å². The molecule has 1 saturated heterocycles. The Morgan fingerprint density at radius 3 is 2.70 bits per heavy atom. The number of hydrogen-bond acceptors (Lipinski definition) is 3. The first-order valence-corrected chi connectivity index (χ1v) is 7.64. The number of quaternary nitrogens is 1. The van der Waals surface area contributed by atoms with Gasteiger partial charge in [0, 0.05) is 18.0 Å². The molecule has 20 heavy (non-hydrogen) atoms. The number of nitrogens with zero attached hydrogens (tertiary/aromatic N) is 3. The van der Waals surface area contributed by atoms with Crippen molar-refractivity contribution in [1.29, 1.82) is 0 Å². The Hall–Kier alpha value is -1.53. The maximum absolute atomic E-state index is 5.36. The van der Waals surface area contributed by atoms with Gasteiger partial charge in [0.1, 0.15) is 0 Å². The molecule has 0 unspecified atom stereocenters. The monoisotopic (exact) mass is 290 g/mol. The molecular formula is C14H20N5S+. The zero-order chi connectivity index (χ0) is 13.8. The standard InChI is InChI=1S/C14H19N5S/c20-14-17-16-13(12-4-6-15-7-5-12)19(14)11-10-18-8-2-1-3-9-18/h4-7H,1-3,8-11H2,(H,17,20)/p+1. The molecule has 3 heterocycles. The Morgan fingerprint density at radius 1 is 1.20 bits per heavy atom. The lowest BCUT2D eigenvalue weighted by atomic mass is 10.1. The lowest BCUT2D eigenvalue weighted by molar-refractivity contribution is -0.905. The first-order valence-electron chi connectivity index (χ1n) is 7.24. The van der Waals surface area contributed by atoms with Gasteiger partial charge in [-0.1, -0.05) is 0 Å². The normalized spacial score (nSPS) is 16.4. The summed E-state index contributed by atoms with van der Waals surface area (Å²) in [7, 11) is 0. The summed E-state index contributed by atoms with van der Waals surface area (Å²) in [5.41, 5.74) is 1.06. The molecule has 2 N–H and O–H groups in total. The van der Waals surface area contributed by atoms with E-state index in [1.807, 2.05) is 12.1 Å². The van der Waals surface area contributed by atoms with Gasteiger partial charge in [-0.3, -0.25) is 14.6 Å². The van der Waals surface area contributed by atoms with Gasteiger partial charge in [0.2, 0.25) is 0 Å². The first-order chi connectivity index (χ1) is 9.84. The Labute approximate surface area is 123 Å². The van der Waals surface area contributed by atoms with Crippen LogP contribution in [0.15, 0.2) is 24.5 Å². The van der Waals surface area contributed by atoms with Gasteiger partial charge in [0.15, 0.2) is 10.6 Å². The highest BCUT2D eigenvalue weighted by molar-refractivity contribution is 7.71. The number of aromatic amines is 1. The van der Waals surface area contributed by atoms with Gasteiger partial charge < -0.3 is 4.90 Å². The molecule has 5 nitrogen and oxygen atoms in total. The molecule has 2 aromatic rings. The van der Waals surface area contributed by atoms with E-state index in [-0.39, 0.29) is 0 Å². The minimum Gasteiger partial charge on any atom is -0.333 e. The van der Waals surface area contributed by atoms with Gasteiger partial charge in [0.05, 0.1) is 26.2 Å². The summed E-state index contributed by atoms with van der Waals surface area (Å²) in [5, 5.41) is 7.27. The quantitative estimate of drug-likeness (QED) is 0.828. The molecule has 1 aliphatic rings. The summed E-state index contributed by atoms with van der Waals surface area (Å²) in [6.45, 7) is 4.61. The predicted molar refractivity (Wildman–Crippen MR) is 80.1 cm³/mol. The van der Waals surface area contributed by atoms with Crippen LogP contribution in [0.4, 0.5) is 0 Å². The molecule has 0 radical (unpaired) electrons. The third-order valence-electron chi connectivity index (χ3n) is 3.95. The minimum atomic E-state index is 0.702. The van der Waals surface area contributed by atoms with Crippen molar-refractivity contribution in [3.63, 3.8) is 0 Å². The fourth-order valence-corrected chi connectivity index (χ4v) is 3.04. The van der Waals surface area contributed by atoms with Crippen molar-refractivity contribution >= 4 is 12.2 Å². The summed E-state index contributed by atoms with van der Waals surface area (Å²) in [6, 6.07) is 3.93. The van der Waals surface area contributed by atoms with Crippen LogP contribution in [0.2, 0.25) is 0 Å². The van der Waals surface area contributed by atoms with Crippen LogP contribution >= 0.6 is 12.2 Å². The van der Waals surface area contributed by atoms with E-state index in [2.05, 4.69) is 19.7 Å². The van der Waals surface area contributed by atoms with E-state index in [9.17, 15) is 0 Å². The molecule has 1 aliphatic heterocycles. The number of aromatic nitrogens is 4. The molecule has 0 amide bonds. The minimum absolute atomic E-state index is 0.702. The molecule has 1 fully saturated rings. The van der Waals surface area contributed by atoms with Crippen molar-refractivity contribution in [2.75, 3.05) is 19.6 Å². The summed E-state index contributed by atoms with van der Waals surface area (Å²) < 4.78 is 2.81. The molecule has 6 heteroatoms. The third kappa shape index (κ3) is 2.96. The molecule has 3 rings (SSSR count). The highest BCUT2D eigenvalue weighted by atomic mass is 32.1. The highest BCUT2D eigenvalue weighted by Gasteiger charge is 2.15. The van der Waals surface area contributed by atoms with Crippen LogP contribution in [0.3, 0.4) is 0 Å². The van der Waals surface area contributed by atoms with Crippen LogP contribution in [0.25, 0.3) is 11.4 Å². The molecule has 106 valence electrons. The molecule has 0 spiro atoms. The van der Waals surface area contributed by atoms with Crippen molar-refractivity contribution in [3.8, 4) is 11.4 Å². The van der Waals surface area contributed by atoms with Gasteiger partial charge >= 0.3 is 0 Å². The number of nitrogens with one attached hydrogen (secondary N) is 2. The van der Waals surface area contributed by atoms with E-state index in [0.29, 0.717) is 4.77 Å². The number of rotatable bonds is 4. The molecule has 0 aliphatic carbocycles. The van der Waals surface area contributed by atoms with Crippen molar-refractivity contribution in [2.24, 2.45) is 0 Å². The van der Waals surface area contributed by atoms with Crippen LogP contribution in [0.5, 0.6) is 0 Å². The summed E-state index contributed by atoms with van der Waals surface area (Å²) >= 11 is 5.36. The second-order valence-corrected chi connectivity index (χ2v) is 5.69. The molecule has 0 saturated carbocycles. The zero-order valence-electron chi connectivity index (χ0n) is 11.5. The fourth-order valence-electron chi connectivity index (χ4n) is 2.82. The highest BCUT2D eigenvalue weighted by Crippen LogP contribution is 2.15. The second-order valence-electron chi connectivity index (χ2n) is 5.30. The van der Waals surface area contributed by atoms with Gasteiger partial charge in [-0.25, -0.2) is 0 Å². The third-order valence-corrected chi connectivity index (χ3v) is 4.26. The SMILES string of the molecule is S=c1[nH]nc(-c2ccncc2)n1CC[NH+]1CCCCC1. The number of likely N-dealkylation sites (tertiary alicyclic amines) is 1. The maximum Gasteiger partial charge on any atom is 0.195 e. The van der Waals surface area contributed by atoms with Crippen LogP contribution < -0.4 is 4.90 Å². The average molecular weight is 290 g/mol. The van der Waals surface area contributed by atoms with E-state index in [1.54, 1.807) is 17.3 Å². The lowest BCUT2D eigenvalue weighted by Gasteiger charge is -2.23. The molecular weight excluding hydrogens is 270 g/mol. The van der Waals surface area contributed by atoms with E-state index in [0.717, 1.165) is 24.5 Å². The van der Waals surface area contributed by atoms with E-state index in [1.165, 1.54) is 32.4 Å². The van der Waals surface area contributed by atoms with Gasteiger partial charge in [0.25, 0.3) is 0 Å². The second kappa shape index (κ2) is 6.28. The van der Waals surface area contributed by atoms with Crippen molar-refractivity contribution in [3.05, 3.63) is 29.3 Å². The van der Waals surface area contributed by atoms with Gasteiger partial charge in [-0.05, 0) is 43.6 Å². The van der Waals surface area contributed by atoms with Gasteiger partial charge in [-0.15, -0.1) is 0 Å². The molecule has 2 aromatic heterocycles. The van der Waals surface area contributed by atoms with Crippen LogP contribution in [-0.2, 0) is 6.54 Å². The van der Waals surface area contributed by atoms with Crippen molar-refractivity contribution in [1.82, 2.24) is 19.7 Å². The molecule has 0 aromatic carbocycles. The van der Waals surface area contributed by atoms with Crippen LogP contribution in [-0.4, -0.2) is 39.4 Å². The van der Waals surface area contributed by atoms with Gasteiger partial charge in [-0.2, -0.15) is 5.10 Å². The van der Waals surface area contributed by atoms with Crippen molar-refractivity contribution < 1.29 is 4.90 Å². The number of piperidine rings is 1. The summed E-state index contributed by atoms with van der Waals surface area (Å²) in [5.74, 6) is 0.911. The number of hydrogen-bond donors (Lipinski definition) is 2. The lowest BCUT2D eigenvalue weighted by Crippen LogP contribution is -3.13.